The van der Waals surface area contributed by atoms with Crippen LogP contribution in [0.5, 0.6) is 0 Å². The number of carbonyl (C=O) groups excluding carboxylic acids is 1. The smallest absolute Gasteiger partial charge is 0.251 e. The molecule has 1 aromatic rings. The summed E-state index contributed by atoms with van der Waals surface area (Å²) < 4.78 is 0. The third-order valence-electron chi connectivity index (χ3n) is 4.44. The molecular formula is C15H20N2O. The lowest BCUT2D eigenvalue weighted by molar-refractivity contribution is 0.0837. The highest BCUT2D eigenvalue weighted by atomic mass is 16.1. The number of fused-ring (bicyclic) bond motifs is 1. The largest absolute Gasteiger partial charge is 0.345 e. The molecule has 1 amide bonds. The van der Waals surface area contributed by atoms with Crippen LogP contribution in [0.1, 0.15) is 47.2 Å². The summed E-state index contributed by atoms with van der Waals surface area (Å²) in [6.07, 6.45) is 6.68. The van der Waals surface area contributed by atoms with Crippen LogP contribution >= 0.6 is 0 Å². The van der Waals surface area contributed by atoms with Gasteiger partial charge in [0.2, 0.25) is 0 Å². The zero-order valence-corrected chi connectivity index (χ0v) is 10.7. The third-order valence-corrected chi connectivity index (χ3v) is 4.44. The molecule has 0 unspecified atom stereocenters. The van der Waals surface area contributed by atoms with Gasteiger partial charge in [-0.15, -0.1) is 0 Å². The van der Waals surface area contributed by atoms with Gasteiger partial charge in [-0.05, 0) is 61.8 Å². The molecule has 3 N–H and O–H groups in total. The predicted molar refractivity (Wildman–Crippen MR) is 71.6 cm³/mol. The molecule has 0 radical (unpaired) electrons. The fraction of sp³-hybridized carbons (Fsp3) is 0.533. The number of carbonyl (C=O) groups is 1. The quantitative estimate of drug-likeness (QED) is 0.851. The van der Waals surface area contributed by atoms with E-state index in [0.29, 0.717) is 6.54 Å². The van der Waals surface area contributed by atoms with E-state index < -0.39 is 0 Å². The first-order chi connectivity index (χ1) is 8.72. The lowest BCUT2D eigenvalue weighted by Gasteiger charge is -2.41. The monoisotopic (exact) mass is 244 g/mol. The van der Waals surface area contributed by atoms with Crippen molar-refractivity contribution < 1.29 is 4.79 Å². The maximum absolute atomic E-state index is 12.2. The van der Waals surface area contributed by atoms with E-state index >= 15 is 0 Å². The summed E-state index contributed by atoms with van der Waals surface area (Å²) in [6.45, 7) is 0.545. The number of hydrogen-bond acceptors (Lipinski definition) is 2. The number of rotatable bonds is 3. The summed E-state index contributed by atoms with van der Waals surface area (Å²) in [5.41, 5.74) is 9.18. The Morgan fingerprint density at radius 2 is 2.00 bits per heavy atom. The summed E-state index contributed by atoms with van der Waals surface area (Å²) in [6, 6.07) is 6.11. The Balaban J connectivity index is 1.76. The molecule has 96 valence electrons. The van der Waals surface area contributed by atoms with Crippen molar-refractivity contribution in [1.82, 2.24) is 5.32 Å². The second kappa shape index (κ2) is 4.39. The summed E-state index contributed by atoms with van der Waals surface area (Å²) in [5.74, 6) is 0.0369. The average Bonchev–Trinajstić information content (AvgIpc) is 2.80. The van der Waals surface area contributed by atoms with Crippen molar-refractivity contribution in [3.8, 4) is 0 Å². The molecule has 3 rings (SSSR count). The zero-order chi connectivity index (χ0) is 12.6. The fourth-order valence-corrected chi connectivity index (χ4v) is 3.01. The molecule has 1 aromatic carbocycles. The summed E-state index contributed by atoms with van der Waals surface area (Å²) >= 11 is 0. The van der Waals surface area contributed by atoms with Gasteiger partial charge in [0.25, 0.3) is 5.91 Å². The van der Waals surface area contributed by atoms with Gasteiger partial charge in [-0.3, -0.25) is 4.79 Å². The molecule has 0 saturated heterocycles. The minimum atomic E-state index is -0.129. The fourth-order valence-electron chi connectivity index (χ4n) is 3.01. The first kappa shape index (κ1) is 11.7. The highest BCUT2D eigenvalue weighted by molar-refractivity contribution is 5.95. The van der Waals surface area contributed by atoms with E-state index in [0.717, 1.165) is 31.2 Å². The van der Waals surface area contributed by atoms with Gasteiger partial charge in [0, 0.05) is 12.1 Å². The minimum Gasteiger partial charge on any atom is -0.345 e. The van der Waals surface area contributed by atoms with E-state index in [9.17, 15) is 4.79 Å². The summed E-state index contributed by atoms with van der Waals surface area (Å²) in [4.78, 5) is 12.2. The highest BCUT2D eigenvalue weighted by Gasteiger charge is 2.37. The van der Waals surface area contributed by atoms with Crippen molar-refractivity contribution in [2.75, 3.05) is 6.54 Å². The van der Waals surface area contributed by atoms with Gasteiger partial charge in [-0.2, -0.15) is 0 Å². The van der Waals surface area contributed by atoms with E-state index in [1.807, 2.05) is 6.07 Å². The van der Waals surface area contributed by atoms with Crippen molar-refractivity contribution >= 4 is 5.91 Å². The van der Waals surface area contributed by atoms with Crippen molar-refractivity contribution in [3.63, 3.8) is 0 Å². The van der Waals surface area contributed by atoms with Gasteiger partial charge >= 0.3 is 0 Å². The Hall–Kier alpha value is -1.35. The van der Waals surface area contributed by atoms with E-state index in [1.54, 1.807) is 0 Å². The van der Waals surface area contributed by atoms with Crippen molar-refractivity contribution in [1.29, 1.82) is 0 Å². The molecule has 0 spiro atoms. The van der Waals surface area contributed by atoms with Crippen LogP contribution in [0.2, 0.25) is 0 Å². The van der Waals surface area contributed by atoms with Gasteiger partial charge in [0.1, 0.15) is 0 Å². The van der Waals surface area contributed by atoms with Gasteiger partial charge in [0.05, 0.1) is 5.54 Å². The van der Waals surface area contributed by atoms with Crippen LogP contribution in [0.15, 0.2) is 18.2 Å². The average molecular weight is 244 g/mol. The van der Waals surface area contributed by atoms with E-state index in [-0.39, 0.29) is 11.4 Å². The summed E-state index contributed by atoms with van der Waals surface area (Å²) in [7, 11) is 0. The standard InChI is InChI=1S/C15H20N2O/c16-10-15(7-2-8-15)17-14(18)13-6-5-11-3-1-4-12(11)9-13/h5-6,9H,1-4,7-8,10,16H2,(H,17,18). The van der Waals surface area contributed by atoms with Gasteiger partial charge in [0.15, 0.2) is 0 Å². The first-order valence-electron chi connectivity index (χ1n) is 6.87. The minimum absolute atomic E-state index is 0.0369. The molecule has 3 nitrogen and oxygen atoms in total. The lowest BCUT2D eigenvalue weighted by Crippen LogP contribution is -2.58. The first-order valence-corrected chi connectivity index (χ1v) is 6.87. The maximum Gasteiger partial charge on any atom is 0.251 e. The number of nitrogens with two attached hydrogens (primary N) is 1. The van der Waals surface area contributed by atoms with Gasteiger partial charge in [-0.25, -0.2) is 0 Å². The second-order valence-corrected chi connectivity index (χ2v) is 5.63. The number of benzene rings is 1. The molecule has 1 fully saturated rings. The Morgan fingerprint density at radius 3 is 2.67 bits per heavy atom. The number of amides is 1. The van der Waals surface area contributed by atoms with E-state index in [1.165, 1.54) is 24.0 Å². The van der Waals surface area contributed by atoms with E-state index in [2.05, 4.69) is 17.4 Å². The van der Waals surface area contributed by atoms with Crippen LogP contribution < -0.4 is 11.1 Å². The molecule has 0 atom stereocenters. The van der Waals surface area contributed by atoms with Crippen LogP contribution in [-0.2, 0) is 12.8 Å². The summed E-state index contributed by atoms with van der Waals surface area (Å²) in [5, 5.41) is 3.12. The van der Waals surface area contributed by atoms with Crippen molar-refractivity contribution in [2.24, 2.45) is 5.73 Å². The Labute approximate surface area is 108 Å². The molecule has 2 aliphatic rings. The Bertz CT molecular complexity index is 472. The Kier molecular flexibility index (Phi) is 2.86. The molecule has 0 bridgehead atoms. The van der Waals surface area contributed by atoms with Crippen molar-refractivity contribution in [2.45, 2.75) is 44.1 Å². The maximum atomic E-state index is 12.2. The molecule has 0 aromatic heterocycles. The van der Waals surface area contributed by atoms with Gasteiger partial charge in [-0.1, -0.05) is 6.07 Å². The zero-order valence-electron chi connectivity index (χ0n) is 10.7. The topological polar surface area (TPSA) is 55.1 Å². The molecule has 3 heteroatoms. The highest BCUT2D eigenvalue weighted by Crippen LogP contribution is 2.31. The SMILES string of the molecule is NCC1(NC(=O)c2ccc3c(c2)CCC3)CCC1. The number of hydrogen-bond donors (Lipinski definition) is 2. The van der Waals surface area contributed by atoms with Crippen LogP contribution in [-0.4, -0.2) is 18.0 Å². The molecule has 1 saturated carbocycles. The number of aryl methyl sites for hydroxylation is 2. The normalized spacial score (nSPS) is 20.1. The molecule has 2 aliphatic carbocycles. The predicted octanol–water partition coefficient (Wildman–Crippen LogP) is 1.79. The second-order valence-electron chi connectivity index (χ2n) is 5.63. The molecule has 0 heterocycles. The van der Waals surface area contributed by atoms with Crippen molar-refractivity contribution in [3.05, 3.63) is 34.9 Å². The van der Waals surface area contributed by atoms with Crippen LogP contribution in [0.4, 0.5) is 0 Å². The molecule has 18 heavy (non-hydrogen) atoms. The van der Waals surface area contributed by atoms with Crippen LogP contribution in [0.25, 0.3) is 0 Å². The molecular weight excluding hydrogens is 224 g/mol. The Morgan fingerprint density at radius 1 is 1.22 bits per heavy atom. The molecule has 0 aliphatic heterocycles. The third kappa shape index (κ3) is 1.93. The lowest BCUT2D eigenvalue weighted by atomic mass is 9.76. The van der Waals surface area contributed by atoms with E-state index in [4.69, 9.17) is 5.73 Å². The van der Waals surface area contributed by atoms with Crippen LogP contribution in [0, 0.1) is 0 Å². The number of nitrogens with one attached hydrogen (secondary N) is 1. The van der Waals surface area contributed by atoms with Gasteiger partial charge < -0.3 is 11.1 Å². The van der Waals surface area contributed by atoms with Crippen LogP contribution in [0.3, 0.4) is 0 Å².